The summed E-state index contributed by atoms with van der Waals surface area (Å²) >= 11 is 0. The van der Waals surface area contributed by atoms with E-state index in [9.17, 15) is 8.42 Å². The van der Waals surface area contributed by atoms with Gasteiger partial charge in [0.15, 0.2) is 9.84 Å². The van der Waals surface area contributed by atoms with Crippen LogP contribution in [0.4, 0.5) is 5.69 Å². The Morgan fingerprint density at radius 3 is 2.70 bits per heavy atom. The first kappa shape index (κ1) is 13.9. The van der Waals surface area contributed by atoms with Crippen molar-refractivity contribution < 1.29 is 8.42 Å². The molecule has 1 saturated heterocycles. The van der Waals surface area contributed by atoms with Gasteiger partial charge in [0.25, 0.3) is 0 Å². The molecule has 4 nitrogen and oxygen atoms in total. The lowest BCUT2D eigenvalue weighted by Gasteiger charge is -2.16. The van der Waals surface area contributed by atoms with Gasteiger partial charge in [-0.2, -0.15) is 0 Å². The summed E-state index contributed by atoms with van der Waals surface area (Å²) in [6.45, 7) is 3.21. The van der Waals surface area contributed by atoms with E-state index in [2.05, 4.69) is 10.2 Å². The maximum absolute atomic E-state index is 11.8. The minimum atomic E-state index is -3.17. The van der Waals surface area contributed by atoms with Crippen LogP contribution in [0.3, 0.4) is 0 Å². The first-order valence-corrected chi connectivity index (χ1v) is 9.20. The number of benzene rings is 1. The number of likely N-dealkylation sites (tertiary alicyclic amines) is 1. The number of para-hydroxylation sites is 1. The van der Waals surface area contributed by atoms with E-state index in [1.165, 1.54) is 32.1 Å². The molecule has 1 saturated carbocycles. The van der Waals surface area contributed by atoms with Gasteiger partial charge in [0, 0.05) is 25.4 Å². The van der Waals surface area contributed by atoms with Gasteiger partial charge in [0.1, 0.15) is 0 Å². The molecule has 1 heterocycles. The van der Waals surface area contributed by atoms with Gasteiger partial charge in [-0.1, -0.05) is 12.1 Å². The molecule has 2 fully saturated rings. The molecule has 1 N–H and O–H groups in total. The molecule has 0 amide bonds. The van der Waals surface area contributed by atoms with Crippen LogP contribution in [0.15, 0.2) is 29.2 Å². The summed E-state index contributed by atoms with van der Waals surface area (Å²) in [4.78, 5) is 2.98. The quantitative estimate of drug-likeness (QED) is 0.902. The summed E-state index contributed by atoms with van der Waals surface area (Å²) in [5.41, 5.74) is 0.736. The maximum Gasteiger partial charge on any atom is 0.177 e. The Labute approximate surface area is 121 Å². The van der Waals surface area contributed by atoms with Crippen LogP contribution in [0.1, 0.15) is 19.3 Å². The summed E-state index contributed by atoms with van der Waals surface area (Å²) in [5, 5.41) is 3.34. The number of nitrogens with one attached hydrogen (secondary N) is 1. The second-order valence-corrected chi connectivity index (χ2v) is 8.01. The maximum atomic E-state index is 11.8. The molecule has 1 unspecified atom stereocenters. The molecule has 0 radical (unpaired) electrons. The Kier molecular flexibility index (Phi) is 3.73. The molecule has 0 aromatic heterocycles. The third-order valence-electron chi connectivity index (χ3n) is 4.25. The molecular weight excluding hydrogens is 272 g/mol. The highest BCUT2D eigenvalue weighted by molar-refractivity contribution is 7.90. The van der Waals surface area contributed by atoms with Gasteiger partial charge in [-0.15, -0.1) is 0 Å². The van der Waals surface area contributed by atoms with Gasteiger partial charge in [-0.3, -0.25) is 0 Å². The fourth-order valence-electron chi connectivity index (χ4n) is 2.99. The van der Waals surface area contributed by atoms with E-state index >= 15 is 0 Å². The van der Waals surface area contributed by atoms with Crippen molar-refractivity contribution in [2.24, 2.45) is 5.92 Å². The van der Waals surface area contributed by atoms with E-state index in [1.54, 1.807) is 12.1 Å². The highest BCUT2D eigenvalue weighted by atomic mass is 32.2. The Hall–Kier alpha value is -1.07. The van der Waals surface area contributed by atoms with E-state index in [0.29, 0.717) is 10.8 Å². The van der Waals surface area contributed by atoms with Crippen molar-refractivity contribution in [3.8, 4) is 0 Å². The molecule has 1 aliphatic carbocycles. The van der Waals surface area contributed by atoms with Crippen molar-refractivity contribution in [2.75, 3.05) is 31.2 Å². The van der Waals surface area contributed by atoms with Crippen molar-refractivity contribution >= 4 is 15.5 Å². The average molecular weight is 294 g/mol. The molecule has 5 heteroatoms. The van der Waals surface area contributed by atoms with Gasteiger partial charge in [0.05, 0.1) is 10.6 Å². The SMILES string of the molecule is CS(=O)(=O)c1ccccc1NCC1CCN(C2CC2)C1. The van der Waals surface area contributed by atoms with E-state index < -0.39 is 9.84 Å². The van der Waals surface area contributed by atoms with Crippen molar-refractivity contribution in [3.63, 3.8) is 0 Å². The largest absolute Gasteiger partial charge is 0.384 e. The predicted octanol–water partition coefficient (Wildman–Crippen LogP) is 1.99. The van der Waals surface area contributed by atoms with Crippen molar-refractivity contribution in [1.82, 2.24) is 4.90 Å². The van der Waals surface area contributed by atoms with Gasteiger partial charge in [0.2, 0.25) is 0 Å². The van der Waals surface area contributed by atoms with Crippen LogP contribution >= 0.6 is 0 Å². The third kappa shape index (κ3) is 3.15. The molecule has 0 spiro atoms. The Morgan fingerprint density at radius 1 is 1.25 bits per heavy atom. The van der Waals surface area contributed by atoms with Gasteiger partial charge >= 0.3 is 0 Å². The van der Waals surface area contributed by atoms with E-state index in [1.807, 2.05) is 12.1 Å². The molecule has 20 heavy (non-hydrogen) atoms. The summed E-state index contributed by atoms with van der Waals surface area (Å²) in [6, 6.07) is 8.00. The fraction of sp³-hybridized carbons (Fsp3) is 0.600. The van der Waals surface area contributed by atoms with Crippen LogP contribution in [0.2, 0.25) is 0 Å². The number of nitrogens with zero attached hydrogens (tertiary/aromatic N) is 1. The highest BCUT2D eigenvalue weighted by Gasteiger charge is 2.34. The second kappa shape index (κ2) is 5.37. The lowest BCUT2D eigenvalue weighted by atomic mass is 10.1. The second-order valence-electron chi connectivity index (χ2n) is 6.03. The van der Waals surface area contributed by atoms with Crippen molar-refractivity contribution in [1.29, 1.82) is 0 Å². The molecule has 110 valence electrons. The molecular formula is C15H22N2O2S. The van der Waals surface area contributed by atoms with Crippen LogP contribution < -0.4 is 5.32 Å². The molecule has 1 atom stereocenters. The molecule has 1 aromatic rings. The number of sulfone groups is 1. The first-order valence-electron chi connectivity index (χ1n) is 7.31. The Balaban J connectivity index is 1.61. The van der Waals surface area contributed by atoms with Crippen LogP contribution in [0, 0.1) is 5.92 Å². The summed E-state index contributed by atoms with van der Waals surface area (Å²) in [5.74, 6) is 0.628. The fourth-order valence-corrected chi connectivity index (χ4v) is 3.86. The van der Waals surface area contributed by atoms with E-state index in [0.717, 1.165) is 24.8 Å². The number of hydrogen-bond acceptors (Lipinski definition) is 4. The highest BCUT2D eigenvalue weighted by Crippen LogP contribution is 2.32. The summed E-state index contributed by atoms with van der Waals surface area (Å²) in [6.07, 6.45) is 5.19. The van der Waals surface area contributed by atoms with Crippen LogP contribution in [0.25, 0.3) is 0 Å². The van der Waals surface area contributed by atoms with Crippen LogP contribution in [-0.4, -0.2) is 45.2 Å². The van der Waals surface area contributed by atoms with Crippen LogP contribution in [-0.2, 0) is 9.84 Å². The zero-order valence-corrected chi connectivity index (χ0v) is 12.7. The molecule has 1 aromatic carbocycles. The molecule has 0 bridgehead atoms. The van der Waals surface area contributed by atoms with E-state index in [-0.39, 0.29) is 0 Å². The van der Waals surface area contributed by atoms with Gasteiger partial charge in [-0.25, -0.2) is 8.42 Å². The Morgan fingerprint density at radius 2 is 2.00 bits per heavy atom. The average Bonchev–Trinajstić information content (AvgIpc) is 3.15. The topological polar surface area (TPSA) is 49.4 Å². The minimum Gasteiger partial charge on any atom is -0.384 e. The summed E-state index contributed by atoms with van der Waals surface area (Å²) < 4.78 is 23.5. The standard InChI is InChI=1S/C15H22N2O2S/c1-20(18,19)15-5-3-2-4-14(15)16-10-12-8-9-17(11-12)13-6-7-13/h2-5,12-13,16H,6-11H2,1H3. The van der Waals surface area contributed by atoms with Crippen molar-refractivity contribution in [3.05, 3.63) is 24.3 Å². The summed E-state index contributed by atoms with van der Waals surface area (Å²) in [7, 11) is -3.17. The lowest BCUT2D eigenvalue weighted by Crippen LogP contribution is -2.25. The normalized spacial score (nSPS) is 23.9. The zero-order valence-electron chi connectivity index (χ0n) is 11.9. The number of rotatable bonds is 5. The Bertz CT molecular complexity index is 581. The first-order chi connectivity index (χ1) is 9.54. The predicted molar refractivity (Wildman–Crippen MR) is 80.7 cm³/mol. The minimum absolute atomic E-state index is 0.400. The monoisotopic (exact) mass is 294 g/mol. The lowest BCUT2D eigenvalue weighted by molar-refractivity contribution is 0.316. The third-order valence-corrected chi connectivity index (χ3v) is 5.40. The van der Waals surface area contributed by atoms with Crippen molar-refractivity contribution in [2.45, 2.75) is 30.2 Å². The van der Waals surface area contributed by atoms with Crippen LogP contribution in [0.5, 0.6) is 0 Å². The smallest absolute Gasteiger partial charge is 0.177 e. The molecule has 2 aliphatic rings. The van der Waals surface area contributed by atoms with E-state index in [4.69, 9.17) is 0 Å². The van der Waals surface area contributed by atoms with Gasteiger partial charge < -0.3 is 10.2 Å². The zero-order chi connectivity index (χ0) is 14.2. The number of hydrogen-bond donors (Lipinski definition) is 1. The number of anilines is 1. The molecule has 3 rings (SSSR count). The molecule has 1 aliphatic heterocycles. The van der Waals surface area contributed by atoms with Gasteiger partial charge in [-0.05, 0) is 43.9 Å².